The molecule has 0 bridgehead atoms. The summed E-state index contributed by atoms with van der Waals surface area (Å²) in [4.78, 5) is 26.1. The summed E-state index contributed by atoms with van der Waals surface area (Å²) in [5.74, 6) is -0.377. The summed E-state index contributed by atoms with van der Waals surface area (Å²) < 4.78 is 33.6. The molecule has 0 N–H and O–H groups in total. The van der Waals surface area contributed by atoms with Crippen LogP contribution in [0, 0.1) is 0 Å². The van der Waals surface area contributed by atoms with Crippen LogP contribution in [0.3, 0.4) is 0 Å². The number of hydrogen-bond donors (Lipinski definition) is 0. The van der Waals surface area contributed by atoms with Gasteiger partial charge in [0, 0.05) is 18.5 Å². The van der Waals surface area contributed by atoms with Crippen molar-refractivity contribution in [1.82, 2.24) is 4.90 Å². The minimum atomic E-state index is -3.09. The van der Waals surface area contributed by atoms with Crippen molar-refractivity contribution < 1.29 is 27.5 Å². The van der Waals surface area contributed by atoms with Crippen LogP contribution in [0.1, 0.15) is 16.8 Å². The molecule has 0 aliphatic carbocycles. The molecule has 1 fully saturated rings. The van der Waals surface area contributed by atoms with Crippen LogP contribution in [-0.4, -0.2) is 63.5 Å². The summed E-state index contributed by atoms with van der Waals surface area (Å²) in [6, 6.07) is 10.2. The van der Waals surface area contributed by atoms with Crippen LogP contribution < -0.4 is 4.74 Å². The van der Waals surface area contributed by atoms with Crippen LogP contribution in [0.5, 0.6) is 5.75 Å². The number of nitrogens with zero attached hydrogens (tertiary/aromatic N) is 1. The number of ether oxygens (including phenoxy) is 2. The maximum Gasteiger partial charge on any atom is 0.339 e. The highest BCUT2D eigenvalue weighted by molar-refractivity contribution is 7.91. The largest absolute Gasteiger partial charge is 0.496 e. The molecule has 144 valence electrons. The lowest BCUT2D eigenvalue weighted by Crippen LogP contribution is -2.40. The number of esters is 1. The van der Waals surface area contributed by atoms with Gasteiger partial charge >= 0.3 is 5.97 Å². The van der Waals surface area contributed by atoms with Gasteiger partial charge < -0.3 is 14.4 Å². The number of methoxy groups -OCH3 is 1. The van der Waals surface area contributed by atoms with Gasteiger partial charge in [-0.15, -0.1) is 0 Å². The number of amides is 1. The standard InChI is InChI=1S/C19H21NO6S/c1-20(13-9-10-27(23,24)12-13)18(21)11-26-19(22)16-7-8-17(25-2)15-6-4-3-5-14(15)16/h3-8,13H,9-12H2,1-2H3/t13-/m1/s1. The third-order valence-electron chi connectivity index (χ3n) is 4.80. The van der Waals surface area contributed by atoms with E-state index in [1.807, 2.05) is 12.1 Å². The maximum absolute atomic E-state index is 12.5. The number of rotatable bonds is 5. The average Bonchev–Trinajstić information content (AvgIpc) is 3.04. The highest BCUT2D eigenvalue weighted by atomic mass is 32.2. The number of hydrogen-bond acceptors (Lipinski definition) is 6. The number of likely N-dealkylation sites (N-methyl/N-ethyl adjacent to an activating group) is 1. The molecule has 1 saturated heterocycles. The van der Waals surface area contributed by atoms with E-state index < -0.39 is 28.3 Å². The Morgan fingerprint density at radius 2 is 1.85 bits per heavy atom. The second-order valence-electron chi connectivity index (χ2n) is 6.50. The summed E-state index contributed by atoms with van der Waals surface area (Å²) >= 11 is 0. The monoisotopic (exact) mass is 391 g/mol. The van der Waals surface area contributed by atoms with Gasteiger partial charge in [0.05, 0.1) is 24.2 Å². The Bertz CT molecular complexity index is 985. The van der Waals surface area contributed by atoms with Crippen LogP contribution in [0.2, 0.25) is 0 Å². The normalized spacial score (nSPS) is 18.2. The van der Waals surface area contributed by atoms with E-state index in [9.17, 15) is 18.0 Å². The van der Waals surface area contributed by atoms with Gasteiger partial charge in [-0.1, -0.05) is 24.3 Å². The van der Waals surface area contributed by atoms with Crippen molar-refractivity contribution in [3.63, 3.8) is 0 Å². The molecule has 1 aliphatic rings. The molecule has 2 aromatic rings. The number of carbonyl (C=O) groups is 2. The Balaban J connectivity index is 1.69. The van der Waals surface area contributed by atoms with Gasteiger partial charge in [-0.2, -0.15) is 0 Å². The van der Waals surface area contributed by atoms with Crippen molar-refractivity contribution in [3.8, 4) is 5.75 Å². The molecule has 8 heteroatoms. The first-order chi connectivity index (χ1) is 12.8. The molecule has 0 radical (unpaired) electrons. The van der Waals surface area contributed by atoms with Gasteiger partial charge in [0.15, 0.2) is 16.4 Å². The first-order valence-corrected chi connectivity index (χ1v) is 10.3. The molecule has 0 aromatic heterocycles. The second-order valence-corrected chi connectivity index (χ2v) is 8.73. The SMILES string of the molecule is COc1ccc(C(=O)OCC(=O)N(C)[C@@H]2CCS(=O)(=O)C2)c2ccccc12. The van der Waals surface area contributed by atoms with E-state index in [4.69, 9.17) is 9.47 Å². The van der Waals surface area contributed by atoms with Crippen molar-refractivity contribution in [2.24, 2.45) is 0 Å². The Hall–Kier alpha value is -2.61. The highest BCUT2D eigenvalue weighted by Gasteiger charge is 2.33. The lowest BCUT2D eigenvalue weighted by atomic mass is 10.0. The van der Waals surface area contributed by atoms with E-state index in [2.05, 4.69) is 0 Å². The van der Waals surface area contributed by atoms with Gasteiger partial charge in [-0.05, 0) is 23.9 Å². The Morgan fingerprint density at radius 3 is 2.48 bits per heavy atom. The van der Waals surface area contributed by atoms with E-state index in [-0.39, 0.29) is 17.5 Å². The number of benzene rings is 2. The van der Waals surface area contributed by atoms with E-state index in [0.717, 1.165) is 5.39 Å². The molecule has 1 amide bonds. The molecule has 0 saturated carbocycles. The number of fused-ring (bicyclic) bond motifs is 1. The third kappa shape index (κ3) is 4.05. The van der Waals surface area contributed by atoms with E-state index in [1.54, 1.807) is 31.4 Å². The summed E-state index contributed by atoms with van der Waals surface area (Å²) in [5.41, 5.74) is 0.338. The first kappa shape index (κ1) is 19.2. The van der Waals surface area contributed by atoms with Gasteiger partial charge in [0.25, 0.3) is 5.91 Å². The van der Waals surface area contributed by atoms with E-state index >= 15 is 0 Å². The van der Waals surface area contributed by atoms with Crippen molar-refractivity contribution in [3.05, 3.63) is 42.0 Å². The van der Waals surface area contributed by atoms with Gasteiger partial charge in [0.2, 0.25) is 0 Å². The van der Waals surface area contributed by atoms with Gasteiger partial charge in [-0.3, -0.25) is 4.79 Å². The molecule has 0 unspecified atom stereocenters. The van der Waals surface area contributed by atoms with Crippen LogP contribution in [0.15, 0.2) is 36.4 Å². The fourth-order valence-electron chi connectivity index (χ4n) is 3.22. The minimum absolute atomic E-state index is 0.0493. The molecule has 1 atom stereocenters. The van der Waals surface area contributed by atoms with Crippen molar-refractivity contribution in [2.75, 3.05) is 32.3 Å². The molecule has 1 aliphatic heterocycles. The van der Waals surface area contributed by atoms with Crippen LogP contribution >= 0.6 is 0 Å². The summed E-state index contributed by atoms with van der Waals surface area (Å²) in [7, 11) is -0.00746. The molecule has 7 nitrogen and oxygen atoms in total. The van der Waals surface area contributed by atoms with E-state index in [1.165, 1.54) is 11.9 Å². The van der Waals surface area contributed by atoms with Crippen molar-refractivity contribution in [2.45, 2.75) is 12.5 Å². The lowest BCUT2D eigenvalue weighted by molar-refractivity contribution is -0.134. The topological polar surface area (TPSA) is 90.0 Å². The summed E-state index contributed by atoms with van der Waals surface area (Å²) in [5, 5.41) is 1.44. The number of carbonyl (C=O) groups excluding carboxylic acids is 2. The molecule has 27 heavy (non-hydrogen) atoms. The Labute approximate surface area is 157 Å². The van der Waals surface area contributed by atoms with Gasteiger partial charge in [-0.25, -0.2) is 13.2 Å². The molecule has 0 spiro atoms. The predicted molar refractivity (Wildman–Crippen MR) is 101 cm³/mol. The highest BCUT2D eigenvalue weighted by Crippen LogP contribution is 2.28. The Kier molecular flexibility index (Phi) is 5.36. The molecular formula is C19H21NO6S. The lowest BCUT2D eigenvalue weighted by Gasteiger charge is -2.23. The minimum Gasteiger partial charge on any atom is -0.496 e. The maximum atomic E-state index is 12.5. The zero-order valence-electron chi connectivity index (χ0n) is 15.2. The van der Waals surface area contributed by atoms with Crippen molar-refractivity contribution in [1.29, 1.82) is 0 Å². The first-order valence-electron chi connectivity index (χ1n) is 8.51. The zero-order chi connectivity index (χ0) is 19.6. The van der Waals surface area contributed by atoms with Crippen LogP contribution in [0.4, 0.5) is 0 Å². The third-order valence-corrected chi connectivity index (χ3v) is 6.55. The smallest absolute Gasteiger partial charge is 0.339 e. The average molecular weight is 391 g/mol. The fraction of sp³-hybridized carbons (Fsp3) is 0.368. The molecule has 3 rings (SSSR count). The van der Waals surface area contributed by atoms with E-state index in [0.29, 0.717) is 23.1 Å². The quantitative estimate of drug-likeness (QED) is 0.720. The number of sulfone groups is 1. The van der Waals surface area contributed by atoms with Crippen molar-refractivity contribution >= 4 is 32.5 Å². The van der Waals surface area contributed by atoms with Crippen LogP contribution in [-0.2, 0) is 19.4 Å². The Morgan fingerprint density at radius 1 is 1.15 bits per heavy atom. The predicted octanol–water partition coefficient (Wildman–Crippen LogP) is 1.65. The molecule has 1 heterocycles. The summed E-state index contributed by atoms with van der Waals surface area (Å²) in [6.07, 6.45) is 0.404. The van der Waals surface area contributed by atoms with Crippen LogP contribution in [0.25, 0.3) is 10.8 Å². The zero-order valence-corrected chi connectivity index (χ0v) is 16.0. The molecular weight excluding hydrogens is 370 g/mol. The molecule has 2 aromatic carbocycles. The van der Waals surface area contributed by atoms with Gasteiger partial charge in [0.1, 0.15) is 5.75 Å². The summed E-state index contributed by atoms with van der Waals surface area (Å²) in [6.45, 7) is -0.438. The second kappa shape index (κ2) is 7.56. The fourth-order valence-corrected chi connectivity index (χ4v) is 4.99.